The van der Waals surface area contributed by atoms with Crippen LogP contribution >= 0.6 is 0 Å². The largest absolute Gasteiger partial charge is 0.349 e. The number of amides is 1. The van der Waals surface area contributed by atoms with Crippen LogP contribution in [0.3, 0.4) is 0 Å². The lowest BCUT2D eigenvalue weighted by molar-refractivity contribution is 0.0951. The average Bonchev–Trinajstić information content (AvgIpc) is 3.60. The van der Waals surface area contributed by atoms with Crippen molar-refractivity contribution in [3.05, 3.63) is 64.7 Å². The third kappa shape index (κ3) is 5.01. The Balaban J connectivity index is 1.58. The van der Waals surface area contributed by atoms with Crippen LogP contribution in [0.1, 0.15) is 73.5 Å². The van der Waals surface area contributed by atoms with Gasteiger partial charge >= 0.3 is 0 Å². The van der Waals surface area contributed by atoms with Crippen LogP contribution in [0.2, 0.25) is 0 Å². The predicted molar refractivity (Wildman–Crippen MR) is 123 cm³/mol. The van der Waals surface area contributed by atoms with Gasteiger partial charge in [0.15, 0.2) is 0 Å². The van der Waals surface area contributed by atoms with E-state index in [1.165, 1.54) is 0 Å². The molecule has 2 saturated carbocycles. The summed E-state index contributed by atoms with van der Waals surface area (Å²) in [5, 5.41) is 2.98. The van der Waals surface area contributed by atoms with Crippen molar-refractivity contribution in [1.29, 1.82) is 0 Å². The molecule has 0 bridgehead atoms. The number of rotatable bonds is 7. The fourth-order valence-electron chi connectivity index (χ4n) is 3.68. The predicted octanol–water partition coefficient (Wildman–Crippen LogP) is 4.54. The monoisotopic (exact) mass is 440 g/mol. The van der Waals surface area contributed by atoms with Crippen LogP contribution in [-0.4, -0.2) is 30.7 Å². The molecule has 0 saturated heterocycles. The van der Waals surface area contributed by atoms with Crippen LogP contribution < -0.4 is 5.32 Å². The van der Waals surface area contributed by atoms with Crippen molar-refractivity contribution in [2.45, 2.75) is 82.3 Å². The summed E-state index contributed by atoms with van der Waals surface area (Å²) in [5.74, 6) is -0.0599. The molecule has 1 amide bonds. The minimum absolute atomic E-state index is 0.0422. The zero-order chi connectivity index (χ0) is 22.4. The number of carbonyl (C=O) groups excluding carboxylic acids is 1. The minimum atomic E-state index is -3.63. The maximum atomic E-state index is 13.7. The van der Waals surface area contributed by atoms with Gasteiger partial charge < -0.3 is 5.32 Å². The summed E-state index contributed by atoms with van der Waals surface area (Å²) >= 11 is 0. The molecule has 0 spiro atoms. The van der Waals surface area contributed by atoms with Crippen molar-refractivity contribution in [2.75, 3.05) is 0 Å². The number of aryl methyl sites for hydroxylation is 1. The summed E-state index contributed by atoms with van der Waals surface area (Å²) in [5.41, 5.74) is 3.16. The first-order chi connectivity index (χ1) is 14.6. The van der Waals surface area contributed by atoms with Crippen LogP contribution in [0, 0.1) is 6.92 Å². The van der Waals surface area contributed by atoms with Crippen LogP contribution in [0.5, 0.6) is 0 Å². The molecule has 2 aliphatic rings. The van der Waals surface area contributed by atoms with Gasteiger partial charge in [-0.3, -0.25) is 4.79 Å². The molecule has 6 heteroatoms. The second kappa shape index (κ2) is 8.06. The van der Waals surface area contributed by atoms with E-state index in [9.17, 15) is 13.2 Å². The van der Waals surface area contributed by atoms with E-state index >= 15 is 0 Å². The van der Waals surface area contributed by atoms with E-state index in [4.69, 9.17) is 0 Å². The van der Waals surface area contributed by atoms with Crippen molar-refractivity contribution in [1.82, 2.24) is 9.62 Å². The Morgan fingerprint density at radius 1 is 1.03 bits per heavy atom. The molecule has 2 aromatic rings. The highest BCUT2D eigenvalue weighted by molar-refractivity contribution is 7.89. The van der Waals surface area contributed by atoms with Gasteiger partial charge in [0, 0.05) is 24.2 Å². The number of benzene rings is 2. The Kier molecular flexibility index (Phi) is 5.73. The molecule has 0 aromatic heterocycles. The zero-order valence-corrected chi connectivity index (χ0v) is 19.6. The molecule has 2 aromatic carbocycles. The van der Waals surface area contributed by atoms with Crippen molar-refractivity contribution < 1.29 is 13.2 Å². The van der Waals surface area contributed by atoms with E-state index in [2.05, 4.69) is 26.1 Å². The molecule has 2 fully saturated rings. The van der Waals surface area contributed by atoms with E-state index in [-0.39, 0.29) is 17.4 Å². The van der Waals surface area contributed by atoms with E-state index in [1.807, 2.05) is 37.3 Å². The topological polar surface area (TPSA) is 66.5 Å². The van der Waals surface area contributed by atoms with Gasteiger partial charge in [-0.2, -0.15) is 4.31 Å². The normalized spacial score (nSPS) is 17.1. The molecular formula is C25H32N2O3S. The first kappa shape index (κ1) is 22.0. The summed E-state index contributed by atoms with van der Waals surface area (Å²) < 4.78 is 29.0. The van der Waals surface area contributed by atoms with Gasteiger partial charge in [0.2, 0.25) is 10.0 Å². The highest BCUT2D eigenvalue weighted by Crippen LogP contribution is 2.36. The van der Waals surface area contributed by atoms with E-state index in [1.54, 1.807) is 16.4 Å². The van der Waals surface area contributed by atoms with Gasteiger partial charge in [-0.1, -0.05) is 45.0 Å². The standard InChI is InChI=1S/C25H32N2O3S/c1-17-5-10-20(25(2,3)4)15-23(17)31(29,30)27(22-13-14-22)16-18-6-8-19(9-7-18)24(28)26-21-11-12-21/h5-10,15,21-22H,11-14,16H2,1-4H3,(H,26,28). The van der Waals surface area contributed by atoms with Crippen LogP contribution in [0.4, 0.5) is 0 Å². The van der Waals surface area contributed by atoms with Gasteiger partial charge in [-0.05, 0) is 72.9 Å². The number of sulfonamides is 1. The summed E-state index contributed by atoms with van der Waals surface area (Å²) in [6.07, 6.45) is 3.87. The van der Waals surface area contributed by atoms with E-state index < -0.39 is 10.0 Å². The smallest absolute Gasteiger partial charge is 0.251 e. The lowest BCUT2D eigenvalue weighted by atomic mass is 9.87. The fourth-order valence-corrected chi connectivity index (χ4v) is 5.61. The van der Waals surface area contributed by atoms with Gasteiger partial charge in [0.05, 0.1) is 4.90 Å². The molecular weight excluding hydrogens is 408 g/mol. The molecule has 4 rings (SSSR count). The lowest BCUT2D eigenvalue weighted by Crippen LogP contribution is -2.33. The number of hydrogen-bond acceptors (Lipinski definition) is 3. The number of nitrogens with one attached hydrogen (secondary N) is 1. The first-order valence-corrected chi connectivity index (χ1v) is 12.5. The van der Waals surface area contributed by atoms with Gasteiger partial charge in [-0.15, -0.1) is 0 Å². The van der Waals surface area contributed by atoms with Crippen LogP contribution in [0.15, 0.2) is 47.4 Å². The molecule has 166 valence electrons. The third-order valence-corrected chi connectivity index (χ3v) is 8.10. The van der Waals surface area contributed by atoms with Crippen LogP contribution in [0.25, 0.3) is 0 Å². The van der Waals surface area contributed by atoms with E-state index in [0.29, 0.717) is 23.0 Å². The summed E-state index contributed by atoms with van der Waals surface area (Å²) in [7, 11) is -3.63. The van der Waals surface area contributed by atoms with Crippen molar-refractivity contribution in [3.8, 4) is 0 Å². The molecule has 0 heterocycles. The Labute approximate surface area is 185 Å². The van der Waals surface area contributed by atoms with E-state index in [0.717, 1.165) is 42.4 Å². The van der Waals surface area contributed by atoms with Gasteiger partial charge in [0.25, 0.3) is 5.91 Å². The molecule has 2 aliphatic carbocycles. The zero-order valence-electron chi connectivity index (χ0n) is 18.8. The molecule has 1 N–H and O–H groups in total. The molecule has 0 radical (unpaired) electrons. The SMILES string of the molecule is Cc1ccc(C(C)(C)C)cc1S(=O)(=O)N(Cc1ccc(C(=O)NC2CC2)cc1)C1CC1. The van der Waals surface area contributed by atoms with Crippen molar-refractivity contribution in [3.63, 3.8) is 0 Å². The molecule has 0 unspecified atom stereocenters. The molecule has 0 aliphatic heterocycles. The number of carbonyl (C=O) groups is 1. The molecule has 0 atom stereocenters. The van der Waals surface area contributed by atoms with Gasteiger partial charge in [0.1, 0.15) is 0 Å². The Hall–Kier alpha value is -2.18. The average molecular weight is 441 g/mol. The number of nitrogens with zero attached hydrogens (tertiary/aromatic N) is 1. The first-order valence-electron chi connectivity index (χ1n) is 11.1. The summed E-state index contributed by atoms with van der Waals surface area (Å²) in [4.78, 5) is 12.6. The number of hydrogen-bond donors (Lipinski definition) is 1. The summed E-state index contributed by atoms with van der Waals surface area (Å²) in [6.45, 7) is 8.45. The van der Waals surface area contributed by atoms with Crippen LogP contribution in [-0.2, 0) is 22.0 Å². The minimum Gasteiger partial charge on any atom is -0.349 e. The molecule has 31 heavy (non-hydrogen) atoms. The van der Waals surface area contributed by atoms with Gasteiger partial charge in [-0.25, -0.2) is 8.42 Å². The lowest BCUT2D eigenvalue weighted by Gasteiger charge is -2.25. The van der Waals surface area contributed by atoms with Crippen molar-refractivity contribution >= 4 is 15.9 Å². The van der Waals surface area contributed by atoms with Crippen molar-refractivity contribution in [2.24, 2.45) is 0 Å². The maximum absolute atomic E-state index is 13.7. The Morgan fingerprint density at radius 3 is 2.23 bits per heavy atom. The highest BCUT2D eigenvalue weighted by atomic mass is 32.2. The maximum Gasteiger partial charge on any atom is 0.251 e. The Morgan fingerprint density at radius 2 is 1.68 bits per heavy atom. The summed E-state index contributed by atoms with van der Waals surface area (Å²) in [6, 6.07) is 13.4. The quantitative estimate of drug-likeness (QED) is 0.687. The molecule has 5 nitrogen and oxygen atoms in total. The Bertz CT molecular complexity index is 1080. The second-order valence-corrected chi connectivity index (χ2v) is 11.8. The second-order valence-electron chi connectivity index (χ2n) is 9.96. The third-order valence-electron chi connectivity index (χ3n) is 6.06. The fraction of sp³-hybridized carbons (Fsp3) is 0.480. The highest BCUT2D eigenvalue weighted by Gasteiger charge is 2.39.